The van der Waals surface area contributed by atoms with E-state index in [1.807, 2.05) is 37.3 Å². The molecule has 2 aromatic carbocycles. The summed E-state index contributed by atoms with van der Waals surface area (Å²) in [7, 11) is 0. The third-order valence-electron chi connectivity index (χ3n) is 3.13. The maximum absolute atomic E-state index is 6.06. The lowest BCUT2D eigenvalue weighted by Gasteiger charge is -2.13. The highest BCUT2D eigenvalue weighted by molar-refractivity contribution is 6.30. The van der Waals surface area contributed by atoms with Crippen LogP contribution in [0.2, 0.25) is 5.02 Å². The van der Waals surface area contributed by atoms with Crippen molar-refractivity contribution in [1.29, 1.82) is 0 Å². The summed E-state index contributed by atoms with van der Waals surface area (Å²) in [6.45, 7) is 4.11. The largest absolute Gasteiger partial charge is 0.457 e. The van der Waals surface area contributed by atoms with E-state index in [0.717, 1.165) is 29.9 Å². The van der Waals surface area contributed by atoms with E-state index in [2.05, 4.69) is 19.1 Å². The molecule has 1 unspecified atom stereocenters. The molecule has 106 valence electrons. The fourth-order valence-electron chi connectivity index (χ4n) is 2.06. The maximum Gasteiger partial charge on any atom is 0.132 e. The number of hydrogen-bond acceptors (Lipinski definition) is 2. The molecule has 0 aliphatic carbocycles. The Morgan fingerprint density at radius 3 is 2.45 bits per heavy atom. The number of hydrogen-bond donors (Lipinski definition) is 1. The number of aryl methyl sites for hydroxylation is 1. The molecule has 0 spiro atoms. The molecular weight excluding hydrogens is 270 g/mol. The van der Waals surface area contributed by atoms with Gasteiger partial charge in [0.05, 0.1) is 0 Å². The number of halogens is 1. The zero-order chi connectivity index (χ0) is 14.5. The van der Waals surface area contributed by atoms with Crippen molar-refractivity contribution < 1.29 is 4.74 Å². The van der Waals surface area contributed by atoms with Crippen molar-refractivity contribution in [2.24, 2.45) is 5.73 Å². The van der Waals surface area contributed by atoms with Crippen molar-refractivity contribution in [3.63, 3.8) is 0 Å². The van der Waals surface area contributed by atoms with Gasteiger partial charge in [-0.25, -0.2) is 0 Å². The average molecular weight is 290 g/mol. The Kier molecular flexibility index (Phi) is 5.05. The average Bonchev–Trinajstić information content (AvgIpc) is 2.42. The number of ether oxygens (including phenoxy) is 1. The number of rotatable bonds is 5. The first-order valence-corrected chi connectivity index (χ1v) is 7.27. The molecular formula is C17H20ClNO. The van der Waals surface area contributed by atoms with Gasteiger partial charge >= 0.3 is 0 Å². The Balaban J connectivity index is 2.24. The van der Waals surface area contributed by atoms with Crippen LogP contribution in [-0.4, -0.2) is 6.04 Å². The van der Waals surface area contributed by atoms with Crippen molar-refractivity contribution in [3.05, 3.63) is 58.6 Å². The van der Waals surface area contributed by atoms with Crippen LogP contribution in [0.15, 0.2) is 42.5 Å². The van der Waals surface area contributed by atoms with Crippen LogP contribution in [0.5, 0.6) is 11.5 Å². The fraction of sp³-hybridized carbons (Fsp3) is 0.294. The first-order chi connectivity index (χ1) is 9.58. The van der Waals surface area contributed by atoms with Crippen LogP contribution in [0, 0.1) is 0 Å². The minimum atomic E-state index is 0.0843. The third kappa shape index (κ3) is 3.99. The van der Waals surface area contributed by atoms with Crippen LogP contribution < -0.4 is 10.5 Å². The molecule has 2 nitrogen and oxygen atoms in total. The van der Waals surface area contributed by atoms with E-state index in [9.17, 15) is 0 Å². The molecule has 0 bridgehead atoms. The first-order valence-electron chi connectivity index (χ1n) is 6.89. The lowest BCUT2D eigenvalue weighted by molar-refractivity contribution is 0.473. The SMILES string of the molecule is CCc1ccc(Oc2cc(Cl)ccc2CC(C)N)cc1. The van der Waals surface area contributed by atoms with Crippen LogP contribution in [-0.2, 0) is 12.8 Å². The monoisotopic (exact) mass is 289 g/mol. The minimum Gasteiger partial charge on any atom is -0.457 e. The van der Waals surface area contributed by atoms with E-state index in [1.165, 1.54) is 5.56 Å². The molecule has 0 fully saturated rings. The zero-order valence-electron chi connectivity index (χ0n) is 11.9. The molecule has 0 saturated carbocycles. The van der Waals surface area contributed by atoms with E-state index in [4.69, 9.17) is 22.1 Å². The standard InChI is InChI=1S/C17H20ClNO/c1-3-13-4-8-16(9-5-13)20-17-11-15(18)7-6-14(17)10-12(2)19/h4-9,11-12H,3,10,19H2,1-2H3. The lowest BCUT2D eigenvalue weighted by atomic mass is 10.1. The van der Waals surface area contributed by atoms with E-state index < -0.39 is 0 Å². The molecule has 0 radical (unpaired) electrons. The second kappa shape index (κ2) is 6.78. The van der Waals surface area contributed by atoms with Crippen molar-refractivity contribution in [2.75, 3.05) is 0 Å². The molecule has 2 N–H and O–H groups in total. The molecule has 0 amide bonds. The minimum absolute atomic E-state index is 0.0843. The molecule has 3 heteroatoms. The number of nitrogens with two attached hydrogens (primary N) is 1. The fourth-order valence-corrected chi connectivity index (χ4v) is 2.22. The Morgan fingerprint density at radius 2 is 1.85 bits per heavy atom. The quantitative estimate of drug-likeness (QED) is 0.874. The first kappa shape index (κ1) is 14.9. The molecule has 0 aromatic heterocycles. The Hall–Kier alpha value is -1.51. The van der Waals surface area contributed by atoms with Crippen LogP contribution >= 0.6 is 11.6 Å². The molecule has 0 heterocycles. The molecule has 2 rings (SSSR count). The summed E-state index contributed by atoms with van der Waals surface area (Å²) in [5, 5.41) is 0.665. The van der Waals surface area contributed by atoms with Crippen LogP contribution in [0.25, 0.3) is 0 Å². The van der Waals surface area contributed by atoms with Gasteiger partial charge in [0.25, 0.3) is 0 Å². The van der Waals surface area contributed by atoms with Crippen LogP contribution in [0.4, 0.5) is 0 Å². The smallest absolute Gasteiger partial charge is 0.132 e. The molecule has 2 aromatic rings. The summed E-state index contributed by atoms with van der Waals surface area (Å²) in [5.74, 6) is 1.59. The van der Waals surface area contributed by atoms with Crippen molar-refractivity contribution >= 4 is 11.6 Å². The zero-order valence-corrected chi connectivity index (χ0v) is 12.7. The normalized spacial score (nSPS) is 12.2. The Labute approximate surface area is 125 Å². The van der Waals surface area contributed by atoms with Gasteiger partial charge < -0.3 is 10.5 Å². The van der Waals surface area contributed by atoms with Gasteiger partial charge in [0.2, 0.25) is 0 Å². The molecule has 1 atom stereocenters. The van der Waals surface area contributed by atoms with E-state index in [1.54, 1.807) is 0 Å². The topological polar surface area (TPSA) is 35.2 Å². The van der Waals surface area contributed by atoms with Gasteiger partial charge in [-0.2, -0.15) is 0 Å². The maximum atomic E-state index is 6.06. The van der Waals surface area contributed by atoms with Gasteiger partial charge in [-0.3, -0.25) is 0 Å². The van der Waals surface area contributed by atoms with Crippen molar-refractivity contribution in [1.82, 2.24) is 0 Å². The molecule has 0 aliphatic rings. The van der Waals surface area contributed by atoms with Gasteiger partial charge in [-0.15, -0.1) is 0 Å². The second-order valence-electron chi connectivity index (χ2n) is 5.03. The predicted molar refractivity (Wildman–Crippen MR) is 84.7 cm³/mol. The van der Waals surface area contributed by atoms with E-state index in [0.29, 0.717) is 5.02 Å². The van der Waals surface area contributed by atoms with Gasteiger partial charge in [-0.05, 0) is 55.2 Å². The van der Waals surface area contributed by atoms with Crippen molar-refractivity contribution in [2.45, 2.75) is 32.7 Å². The highest BCUT2D eigenvalue weighted by atomic mass is 35.5. The van der Waals surface area contributed by atoms with E-state index in [-0.39, 0.29) is 6.04 Å². The highest BCUT2D eigenvalue weighted by Gasteiger charge is 2.08. The lowest BCUT2D eigenvalue weighted by Crippen LogP contribution is -2.18. The summed E-state index contributed by atoms with van der Waals surface area (Å²) in [6, 6.07) is 13.9. The molecule has 0 saturated heterocycles. The summed E-state index contributed by atoms with van der Waals surface area (Å²) in [5.41, 5.74) is 8.24. The third-order valence-corrected chi connectivity index (χ3v) is 3.37. The highest BCUT2D eigenvalue weighted by Crippen LogP contribution is 2.29. The van der Waals surface area contributed by atoms with Crippen LogP contribution in [0.1, 0.15) is 25.0 Å². The molecule has 20 heavy (non-hydrogen) atoms. The van der Waals surface area contributed by atoms with Gasteiger partial charge in [0.1, 0.15) is 11.5 Å². The Morgan fingerprint density at radius 1 is 1.15 bits per heavy atom. The Bertz CT molecular complexity index is 564. The summed E-state index contributed by atoms with van der Waals surface area (Å²) in [6.07, 6.45) is 1.78. The van der Waals surface area contributed by atoms with Crippen molar-refractivity contribution in [3.8, 4) is 11.5 Å². The summed E-state index contributed by atoms with van der Waals surface area (Å²) < 4.78 is 5.95. The summed E-state index contributed by atoms with van der Waals surface area (Å²) >= 11 is 6.06. The predicted octanol–water partition coefficient (Wildman–Crippen LogP) is 4.58. The van der Waals surface area contributed by atoms with E-state index >= 15 is 0 Å². The number of benzene rings is 2. The van der Waals surface area contributed by atoms with Gasteiger partial charge in [0.15, 0.2) is 0 Å². The van der Waals surface area contributed by atoms with Gasteiger partial charge in [0, 0.05) is 11.1 Å². The summed E-state index contributed by atoms with van der Waals surface area (Å²) in [4.78, 5) is 0. The molecule has 0 aliphatic heterocycles. The van der Waals surface area contributed by atoms with Gasteiger partial charge in [-0.1, -0.05) is 36.7 Å². The second-order valence-corrected chi connectivity index (χ2v) is 5.47. The van der Waals surface area contributed by atoms with Crippen LogP contribution in [0.3, 0.4) is 0 Å².